The molecule has 0 unspecified atom stereocenters. The molecule has 134 valence electrons. The summed E-state index contributed by atoms with van der Waals surface area (Å²) in [7, 11) is 0. The molecule has 5 aromatic rings. The molecule has 0 aliphatic carbocycles. The number of nitrogen functional groups attached to an aromatic ring is 1. The Morgan fingerprint density at radius 2 is 0.929 bits per heavy atom. The van der Waals surface area contributed by atoms with Gasteiger partial charge in [-0.2, -0.15) is 0 Å². The van der Waals surface area contributed by atoms with Gasteiger partial charge in [-0.3, -0.25) is 0 Å². The van der Waals surface area contributed by atoms with Crippen LogP contribution in [0, 0.1) is 0 Å². The Labute approximate surface area is 164 Å². The maximum atomic E-state index is 6.11. The van der Waals surface area contributed by atoms with E-state index in [-0.39, 0.29) is 0 Å². The van der Waals surface area contributed by atoms with Crippen LogP contribution in [0.3, 0.4) is 0 Å². The average Bonchev–Trinajstić information content (AvgIpc) is 2.74. The summed E-state index contributed by atoms with van der Waals surface area (Å²) in [5.41, 5.74) is 10.1. The predicted octanol–water partition coefficient (Wildman–Crippen LogP) is 7.05. The largest absolute Gasteiger partial charge is 0.399 e. The highest BCUT2D eigenvalue weighted by molar-refractivity contribution is 5.92. The Bertz CT molecular complexity index is 1210. The van der Waals surface area contributed by atoms with E-state index in [0.29, 0.717) is 0 Å². The van der Waals surface area contributed by atoms with E-state index in [4.69, 9.17) is 5.73 Å². The van der Waals surface area contributed by atoms with Crippen LogP contribution in [0.5, 0.6) is 0 Å². The van der Waals surface area contributed by atoms with Crippen LogP contribution in [0.15, 0.2) is 109 Å². The lowest BCUT2D eigenvalue weighted by Gasteiger charge is -2.26. The van der Waals surface area contributed by atoms with Gasteiger partial charge >= 0.3 is 0 Å². The number of benzene rings is 5. The number of rotatable bonds is 3. The third kappa shape index (κ3) is 2.95. The van der Waals surface area contributed by atoms with Gasteiger partial charge in [-0.1, -0.05) is 66.7 Å². The van der Waals surface area contributed by atoms with Crippen LogP contribution in [0.25, 0.3) is 21.5 Å². The Morgan fingerprint density at radius 3 is 1.46 bits per heavy atom. The van der Waals surface area contributed by atoms with E-state index in [1.165, 1.54) is 21.5 Å². The van der Waals surface area contributed by atoms with Gasteiger partial charge in [-0.15, -0.1) is 0 Å². The Kier molecular flexibility index (Phi) is 3.95. The number of anilines is 4. The number of nitrogens with zero attached hydrogens (tertiary/aromatic N) is 1. The van der Waals surface area contributed by atoms with Gasteiger partial charge < -0.3 is 10.6 Å². The summed E-state index contributed by atoms with van der Waals surface area (Å²) in [6.07, 6.45) is 0. The molecule has 0 aliphatic rings. The molecule has 0 spiro atoms. The zero-order valence-corrected chi connectivity index (χ0v) is 15.4. The molecule has 2 N–H and O–H groups in total. The fraction of sp³-hybridized carbons (Fsp3) is 0. The van der Waals surface area contributed by atoms with Gasteiger partial charge in [0, 0.05) is 22.7 Å². The number of hydrogen-bond donors (Lipinski definition) is 1. The normalized spacial score (nSPS) is 11.0. The summed E-state index contributed by atoms with van der Waals surface area (Å²) in [6, 6.07) is 38.0. The molecule has 0 fully saturated rings. The van der Waals surface area contributed by atoms with Crippen molar-refractivity contribution in [2.24, 2.45) is 0 Å². The van der Waals surface area contributed by atoms with Crippen LogP contribution in [0.1, 0.15) is 0 Å². The first kappa shape index (κ1) is 16.4. The van der Waals surface area contributed by atoms with E-state index in [1.54, 1.807) is 0 Å². The van der Waals surface area contributed by atoms with E-state index >= 15 is 0 Å². The molecular formula is C26H20N2. The second kappa shape index (κ2) is 6.75. The average molecular weight is 360 g/mol. The van der Waals surface area contributed by atoms with Crippen molar-refractivity contribution in [3.63, 3.8) is 0 Å². The molecule has 0 atom stereocenters. The van der Waals surface area contributed by atoms with Crippen molar-refractivity contribution in [1.82, 2.24) is 0 Å². The lowest BCUT2D eigenvalue weighted by atomic mass is 10.1. The highest BCUT2D eigenvalue weighted by atomic mass is 15.1. The summed E-state index contributed by atoms with van der Waals surface area (Å²) < 4.78 is 0. The molecule has 0 radical (unpaired) electrons. The van der Waals surface area contributed by atoms with E-state index in [9.17, 15) is 0 Å². The molecular weight excluding hydrogens is 340 g/mol. The standard InChI is InChI=1S/C26H20N2/c27-23-10-5-11-24(18-23)28(25-14-12-19-6-1-3-8-21(19)16-25)26-15-13-20-7-2-4-9-22(20)17-26/h1-18H,27H2. The van der Waals surface area contributed by atoms with Gasteiger partial charge in [-0.25, -0.2) is 0 Å². The fourth-order valence-electron chi connectivity index (χ4n) is 3.74. The van der Waals surface area contributed by atoms with Gasteiger partial charge in [-0.05, 0) is 64.0 Å². The molecule has 0 heterocycles. The summed E-state index contributed by atoms with van der Waals surface area (Å²) in [5.74, 6) is 0. The lowest BCUT2D eigenvalue weighted by Crippen LogP contribution is -2.10. The summed E-state index contributed by atoms with van der Waals surface area (Å²) in [6.45, 7) is 0. The monoisotopic (exact) mass is 360 g/mol. The molecule has 0 aromatic heterocycles. The van der Waals surface area contributed by atoms with Crippen molar-refractivity contribution in [1.29, 1.82) is 0 Å². The third-order valence-electron chi connectivity index (χ3n) is 5.11. The first-order valence-corrected chi connectivity index (χ1v) is 9.41. The second-order valence-corrected chi connectivity index (χ2v) is 6.99. The van der Waals surface area contributed by atoms with E-state index in [0.717, 1.165) is 22.7 Å². The lowest BCUT2D eigenvalue weighted by molar-refractivity contribution is 1.29. The van der Waals surface area contributed by atoms with Gasteiger partial charge in [0.2, 0.25) is 0 Å². The topological polar surface area (TPSA) is 29.3 Å². The fourth-order valence-corrected chi connectivity index (χ4v) is 3.74. The molecule has 5 aromatic carbocycles. The van der Waals surface area contributed by atoms with Crippen molar-refractivity contribution in [2.45, 2.75) is 0 Å². The van der Waals surface area contributed by atoms with Gasteiger partial charge in [0.1, 0.15) is 0 Å². The predicted molar refractivity (Wildman–Crippen MR) is 121 cm³/mol. The third-order valence-corrected chi connectivity index (χ3v) is 5.11. The van der Waals surface area contributed by atoms with Crippen LogP contribution in [-0.4, -0.2) is 0 Å². The summed E-state index contributed by atoms with van der Waals surface area (Å²) in [4.78, 5) is 2.26. The first-order chi connectivity index (χ1) is 13.8. The quantitative estimate of drug-likeness (QED) is 0.349. The van der Waals surface area contributed by atoms with Crippen LogP contribution in [-0.2, 0) is 0 Å². The highest BCUT2D eigenvalue weighted by Gasteiger charge is 2.13. The molecule has 2 nitrogen and oxygen atoms in total. The van der Waals surface area contributed by atoms with Crippen LogP contribution in [0.4, 0.5) is 22.7 Å². The zero-order valence-electron chi connectivity index (χ0n) is 15.4. The number of hydrogen-bond acceptors (Lipinski definition) is 2. The molecule has 0 bridgehead atoms. The summed E-state index contributed by atoms with van der Waals surface area (Å²) >= 11 is 0. The van der Waals surface area contributed by atoms with Crippen molar-refractivity contribution >= 4 is 44.3 Å². The molecule has 0 saturated heterocycles. The molecule has 2 heteroatoms. The van der Waals surface area contributed by atoms with E-state index < -0.39 is 0 Å². The van der Waals surface area contributed by atoms with Gasteiger partial charge in [0.15, 0.2) is 0 Å². The molecule has 5 rings (SSSR count). The van der Waals surface area contributed by atoms with Crippen molar-refractivity contribution in [3.05, 3.63) is 109 Å². The van der Waals surface area contributed by atoms with Crippen molar-refractivity contribution < 1.29 is 0 Å². The molecule has 0 amide bonds. The maximum absolute atomic E-state index is 6.11. The Hall–Kier alpha value is -3.78. The number of nitrogens with two attached hydrogens (primary N) is 1. The zero-order chi connectivity index (χ0) is 18.9. The highest BCUT2D eigenvalue weighted by Crippen LogP contribution is 2.37. The van der Waals surface area contributed by atoms with E-state index in [2.05, 4.69) is 95.9 Å². The second-order valence-electron chi connectivity index (χ2n) is 6.99. The SMILES string of the molecule is Nc1cccc(N(c2ccc3ccccc3c2)c2ccc3ccccc3c2)c1. The van der Waals surface area contributed by atoms with Crippen molar-refractivity contribution in [3.8, 4) is 0 Å². The van der Waals surface area contributed by atoms with Gasteiger partial charge in [0.25, 0.3) is 0 Å². The van der Waals surface area contributed by atoms with Crippen LogP contribution < -0.4 is 10.6 Å². The van der Waals surface area contributed by atoms with Crippen LogP contribution in [0.2, 0.25) is 0 Å². The van der Waals surface area contributed by atoms with Gasteiger partial charge in [0.05, 0.1) is 0 Å². The van der Waals surface area contributed by atoms with Crippen LogP contribution >= 0.6 is 0 Å². The number of fused-ring (bicyclic) bond motifs is 2. The minimum atomic E-state index is 0.754. The summed E-state index contributed by atoms with van der Waals surface area (Å²) in [5, 5.41) is 4.90. The molecule has 28 heavy (non-hydrogen) atoms. The Morgan fingerprint density at radius 1 is 0.429 bits per heavy atom. The smallest absolute Gasteiger partial charge is 0.0482 e. The molecule has 0 saturated carbocycles. The molecule has 0 aliphatic heterocycles. The van der Waals surface area contributed by atoms with Crippen molar-refractivity contribution in [2.75, 3.05) is 10.6 Å². The van der Waals surface area contributed by atoms with E-state index in [1.807, 2.05) is 18.2 Å². The minimum absolute atomic E-state index is 0.754. The maximum Gasteiger partial charge on any atom is 0.0482 e. The minimum Gasteiger partial charge on any atom is -0.399 e. The first-order valence-electron chi connectivity index (χ1n) is 9.41. The Balaban J connectivity index is 1.73.